The Balaban J connectivity index is 2.00. The average molecular weight is 239 g/mol. The molecule has 0 spiro atoms. The van der Waals surface area contributed by atoms with Gasteiger partial charge in [0.15, 0.2) is 0 Å². The highest BCUT2D eigenvalue weighted by molar-refractivity contribution is 7.09. The van der Waals surface area contributed by atoms with Crippen LogP contribution in [0.2, 0.25) is 0 Å². The summed E-state index contributed by atoms with van der Waals surface area (Å²) in [5, 5.41) is 1.01. The zero-order valence-corrected chi connectivity index (χ0v) is 10.5. The molecule has 1 aromatic heterocycles. The highest BCUT2D eigenvalue weighted by Crippen LogP contribution is 2.25. The van der Waals surface area contributed by atoms with Gasteiger partial charge in [-0.15, -0.1) is 0 Å². The molecule has 0 aromatic carbocycles. The van der Waals surface area contributed by atoms with Crippen LogP contribution in [-0.4, -0.2) is 28.7 Å². The van der Waals surface area contributed by atoms with E-state index in [-0.39, 0.29) is 5.92 Å². The number of piperidine rings is 1. The van der Waals surface area contributed by atoms with E-state index in [9.17, 15) is 4.79 Å². The average Bonchev–Trinajstić information content (AvgIpc) is 2.78. The lowest BCUT2D eigenvalue weighted by molar-refractivity contribution is -0.111. The molecule has 0 radical (unpaired) electrons. The van der Waals surface area contributed by atoms with Gasteiger partial charge in [0.25, 0.3) is 0 Å². The molecule has 0 unspecified atom stereocenters. The SMILES string of the molecule is CC(C)c1nsc(N2CCC(C=O)CC2)n1. The second-order valence-electron chi connectivity index (χ2n) is 4.55. The van der Waals surface area contributed by atoms with E-state index in [0.717, 1.165) is 43.2 Å². The van der Waals surface area contributed by atoms with Crippen molar-refractivity contribution in [2.45, 2.75) is 32.6 Å². The van der Waals surface area contributed by atoms with Crippen LogP contribution in [0.4, 0.5) is 5.13 Å². The number of hydrogen-bond acceptors (Lipinski definition) is 5. The summed E-state index contributed by atoms with van der Waals surface area (Å²) in [7, 11) is 0. The van der Waals surface area contributed by atoms with Gasteiger partial charge in [0, 0.05) is 36.5 Å². The minimum Gasteiger partial charge on any atom is -0.347 e. The van der Waals surface area contributed by atoms with Crippen molar-refractivity contribution in [1.29, 1.82) is 0 Å². The van der Waals surface area contributed by atoms with Crippen LogP contribution in [0.1, 0.15) is 38.4 Å². The molecule has 5 heteroatoms. The Morgan fingerprint density at radius 1 is 1.44 bits per heavy atom. The van der Waals surface area contributed by atoms with E-state index in [2.05, 4.69) is 28.1 Å². The molecule has 0 atom stereocenters. The van der Waals surface area contributed by atoms with E-state index in [1.165, 1.54) is 11.5 Å². The van der Waals surface area contributed by atoms with E-state index in [1.807, 2.05) is 0 Å². The molecule has 0 amide bonds. The first-order valence-corrected chi connectivity index (χ1v) is 6.52. The van der Waals surface area contributed by atoms with E-state index >= 15 is 0 Å². The van der Waals surface area contributed by atoms with Gasteiger partial charge >= 0.3 is 0 Å². The number of nitrogens with zero attached hydrogens (tertiary/aromatic N) is 3. The lowest BCUT2D eigenvalue weighted by atomic mass is 9.99. The van der Waals surface area contributed by atoms with Crippen molar-refractivity contribution in [3.63, 3.8) is 0 Å². The highest BCUT2D eigenvalue weighted by atomic mass is 32.1. The van der Waals surface area contributed by atoms with Crippen molar-refractivity contribution in [2.24, 2.45) is 5.92 Å². The summed E-state index contributed by atoms with van der Waals surface area (Å²) in [6, 6.07) is 0. The first-order valence-electron chi connectivity index (χ1n) is 5.74. The molecule has 1 fully saturated rings. The van der Waals surface area contributed by atoms with Crippen molar-refractivity contribution in [1.82, 2.24) is 9.36 Å². The third kappa shape index (κ3) is 2.40. The number of rotatable bonds is 3. The summed E-state index contributed by atoms with van der Waals surface area (Å²) < 4.78 is 4.35. The van der Waals surface area contributed by atoms with Gasteiger partial charge < -0.3 is 9.69 Å². The largest absolute Gasteiger partial charge is 0.347 e. The van der Waals surface area contributed by atoms with E-state index in [4.69, 9.17) is 0 Å². The number of carbonyl (C=O) groups is 1. The Labute approximate surface area is 99.9 Å². The second-order valence-corrected chi connectivity index (χ2v) is 5.28. The van der Waals surface area contributed by atoms with Crippen LogP contribution in [-0.2, 0) is 4.79 Å². The predicted octanol–water partition coefficient (Wildman–Crippen LogP) is 2.08. The normalized spacial score (nSPS) is 18.1. The first-order chi connectivity index (χ1) is 7.70. The van der Waals surface area contributed by atoms with Crippen molar-refractivity contribution < 1.29 is 4.79 Å². The van der Waals surface area contributed by atoms with Crippen molar-refractivity contribution in [3.8, 4) is 0 Å². The molecular formula is C11H17N3OS. The fourth-order valence-electron chi connectivity index (χ4n) is 1.82. The standard InChI is InChI=1S/C11H17N3OS/c1-8(2)10-12-11(16-13-10)14-5-3-9(7-15)4-6-14/h7-9H,3-6H2,1-2H3. The van der Waals surface area contributed by atoms with Crippen LogP contribution in [0.25, 0.3) is 0 Å². The molecule has 2 heterocycles. The number of anilines is 1. The Kier molecular flexibility index (Phi) is 3.53. The molecule has 2 rings (SSSR count). The minimum atomic E-state index is 0.244. The molecule has 4 nitrogen and oxygen atoms in total. The predicted molar refractivity (Wildman–Crippen MR) is 65.0 cm³/mol. The molecule has 1 aromatic rings. The van der Waals surface area contributed by atoms with Crippen LogP contribution in [0, 0.1) is 5.92 Å². The fraction of sp³-hybridized carbons (Fsp3) is 0.727. The highest BCUT2D eigenvalue weighted by Gasteiger charge is 2.21. The van der Waals surface area contributed by atoms with Crippen LogP contribution in [0.15, 0.2) is 0 Å². The van der Waals surface area contributed by atoms with Gasteiger partial charge in [-0.1, -0.05) is 13.8 Å². The quantitative estimate of drug-likeness (QED) is 0.758. The maximum Gasteiger partial charge on any atom is 0.205 e. The van der Waals surface area contributed by atoms with Gasteiger partial charge in [0.2, 0.25) is 5.13 Å². The zero-order valence-electron chi connectivity index (χ0n) is 9.72. The Bertz CT molecular complexity index is 356. The first kappa shape index (κ1) is 11.5. The zero-order chi connectivity index (χ0) is 11.5. The molecule has 1 aliphatic heterocycles. The van der Waals surface area contributed by atoms with Gasteiger partial charge in [0.05, 0.1) is 0 Å². The van der Waals surface area contributed by atoms with Crippen molar-refractivity contribution in [3.05, 3.63) is 5.82 Å². The molecule has 16 heavy (non-hydrogen) atoms. The number of aldehydes is 1. The minimum absolute atomic E-state index is 0.244. The summed E-state index contributed by atoms with van der Waals surface area (Å²) in [5.74, 6) is 1.56. The number of carbonyl (C=O) groups excluding carboxylic acids is 1. The van der Waals surface area contributed by atoms with Crippen LogP contribution >= 0.6 is 11.5 Å². The molecule has 0 saturated carbocycles. The van der Waals surface area contributed by atoms with Gasteiger partial charge in [-0.3, -0.25) is 0 Å². The summed E-state index contributed by atoms with van der Waals surface area (Å²) in [5.41, 5.74) is 0. The summed E-state index contributed by atoms with van der Waals surface area (Å²) in [6.45, 7) is 6.06. The van der Waals surface area contributed by atoms with E-state index in [1.54, 1.807) is 0 Å². The topological polar surface area (TPSA) is 46.1 Å². The summed E-state index contributed by atoms with van der Waals surface area (Å²) in [6.07, 6.45) is 2.97. The van der Waals surface area contributed by atoms with Crippen LogP contribution < -0.4 is 4.90 Å². The number of aromatic nitrogens is 2. The van der Waals surface area contributed by atoms with Crippen LogP contribution in [0.3, 0.4) is 0 Å². The van der Waals surface area contributed by atoms with Gasteiger partial charge in [0.1, 0.15) is 12.1 Å². The van der Waals surface area contributed by atoms with E-state index in [0.29, 0.717) is 5.92 Å². The molecule has 0 aliphatic carbocycles. The fourth-order valence-corrected chi connectivity index (χ4v) is 2.68. The van der Waals surface area contributed by atoms with E-state index < -0.39 is 0 Å². The van der Waals surface area contributed by atoms with Gasteiger partial charge in [-0.05, 0) is 12.8 Å². The maximum absolute atomic E-state index is 10.7. The molecule has 1 saturated heterocycles. The monoisotopic (exact) mass is 239 g/mol. The third-order valence-electron chi connectivity index (χ3n) is 2.95. The molecule has 1 aliphatic rings. The van der Waals surface area contributed by atoms with Crippen LogP contribution in [0.5, 0.6) is 0 Å². The lowest BCUT2D eigenvalue weighted by Gasteiger charge is -2.28. The maximum atomic E-state index is 10.7. The lowest BCUT2D eigenvalue weighted by Crippen LogP contribution is -2.34. The Morgan fingerprint density at radius 3 is 2.62 bits per heavy atom. The smallest absolute Gasteiger partial charge is 0.205 e. The second kappa shape index (κ2) is 4.91. The summed E-state index contributed by atoms with van der Waals surface area (Å²) >= 11 is 1.47. The Hall–Kier alpha value is -0.970. The molecule has 0 N–H and O–H groups in total. The molecule has 0 bridgehead atoms. The van der Waals surface area contributed by atoms with Gasteiger partial charge in [-0.25, -0.2) is 4.98 Å². The molecular weight excluding hydrogens is 222 g/mol. The third-order valence-corrected chi connectivity index (χ3v) is 3.74. The summed E-state index contributed by atoms with van der Waals surface area (Å²) in [4.78, 5) is 17.4. The Morgan fingerprint density at radius 2 is 2.12 bits per heavy atom. The van der Waals surface area contributed by atoms with Crippen molar-refractivity contribution in [2.75, 3.05) is 18.0 Å². The van der Waals surface area contributed by atoms with Crippen molar-refractivity contribution >= 4 is 23.0 Å². The van der Waals surface area contributed by atoms with Gasteiger partial charge in [-0.2, -0.15) is 4.37 Å². The molecule has 88 valence electrons. The number of hydrogen-bond donors (Lipinski definition) is 0.